The average molecular weight is 550 g/mol. The van der Waals surface area contributed by atoms with Gasteiger partial charge in [0.15, 0.2) is 17.5 Å². The maximum Gasteiger partial charge on any atom is 0.164 e. The Morgan fingerprint density at radius 3 is 1.67 bits per heavy atom. The number of aromatic nitrogens is 3. The summed E-state index contributed by atoms with van der Waals surface area (Å²) < 4.78 is 6.48. The van der Waals surface area contributed by atoms with Crippen LogP contribution in [-0.4, -0.2) is 15.0 Å². The van der Waals surface area contributed by atoms with Crippen LogP contribution in [0.5, 0.6) is 0 Å². The lowest BCUT2D eigenvalue weighted by atomic mass is 10.00. The summed E-state index contributed by atoms with van der Waals surface area (Å²) in [7, 11) is 0. The van der Waals surface area contributed by atoms with E-state index >= 15 is 0 Å². The molecule has 0 spiro atoms. The predicted octanol–water partition coefficient (Wildman–Crippen LogP) is 10.2. The highest BCUT2D eigenvalue weighted by atomic mass is 16.3. The Bertz CT molecular complexity index is 2510. The Morgan fingerprint density at radius 2 is 0.884 bits per heavy atom. The summed E-state index contributed by atoms with van der Waals surface area (Å²) >= 11 is 0. The highest BCUT2D eigenvalue weighted by Crippen LogP contribution is 2.36. The van der Waals surface area contributed by atoms with Gasteiger partial charge >= 0.3 is 0 Å². The SMILES string of the molecule is c1ccc(-c2nc(-c3ccc4c(c3)oc3c5ccccc5ccc43)nc(-c3ccc4ccc5ccccc5c4c3)n2)cc1. The van der Waals surface area contributed by atoms with Gasteiger partial charge in [-0.25, -0.2) is 15.0 Å². The van der Waals surface area contributed by atoms with Crippen LogP contribution in [0.3, 0.4) is 0 Å². The van der Waals surface area contributed by atoms with Gasteiger partial charge in [-0.2, -0.15) is 0 Å². The molecule has 0 aliphatic rings. The topological polar surface area (TPSA) is 51.8 Å². The van der Waals surface area contributed by atoms with E-state index in [1.165, 1.54) is 21.5 Å². The first-order chi connectivity index (χ1) is 21.3. The number of benzene rings is 7. The van der Waals surface area contributed by atoms with Gasteiger partial charge in [-0.15, -0.1) is 0 Å². The minimum Gasteiger partial charge on any atom is -0.455 e. The van der Waals surface area contributed by atoms with Crippen LogP contribution in [-0.2, 0) is 0 Å². The summed E-state index contributed by atoms with van der Waals surface area (Å²) in [6.07, 6.45) is 0. The van der Waals surface area contributed by atoms with E-state index in [-0.39, 0.29) is 0 Å². The summed E-state index contributed by atoms with van der Waals surface area (Å²) in [5.74, 6) is 1.87. The first-order valence-electron chi connectivity index (χ1n) is 14.4. The molecule has 0 saturated carbocycles. The fourth-order valence-corrected chi connectivity index (χ4v) is 6.13. The summed E-state index contributed by atoms with van der Waals surface area (Å²) in [5.41, 5.74) is 4.47. The maximum absolute atomic E-state index is 6.48. The summed E-state index contributed by atoms with van der Waals surface area (Å²) in [5, 5.41) is 9.22. The van der Waals surface area contributed by atoms with Gasteiger partial charge in [0.1, 0.15) is 11.2 Å². The van der Waals surface area contributed by atoms with E-state index in [1.54, 1.807) is 0 Å². The highest BCUT2D eigenvalue weighted by molar-refractivity contribution is 6.15. The molecule has 0 aliphatic carbocycles. The highest BCUT2D eigenvalue weighted by Gasteiger charge is 2.16. The van der Waals surface area contributed by atoms with Crippen molar-refractivity contribution < 1.29 is 4.42 Å². The van der Waals surface area contributed by atoms with Gasteiger partial charge in [0.05, 0.1) is 0 Å². The molecule has 7 aromatic carbocycles. The molecule has 9 rings (SSSR count). The second-order valence-corrected chi connectivity index (χ2v) is 10.9. The molecule has 4 nitrogen and oxygen atoms in total. The molecule has 0 N–H and O–H groups in total. The molecule has 0 amide bonds. The lowest BCUT2D eigenvalue weighted by Gasteiger charge is -2.10. The smallest absolute Gasteiger partial charge is 0.164 e. The van der Waals surface area contributed by atoms with Crippen LogP contribution in [0.4, 0.5) is 0 Å². The number of hydrogen-bond donors (Lipinski definition) is 0. The molecule has 0 aliphatic heterocycles. The van der Waals surface area contributed by atoms with E-state index in [4.69, 9.17) is 19.4 Å². The Hall–Kier alpha value is -5.87. The minimum atomic E-state index is 0.606. The second-order valence-electron chi connectivity index (χ2n) is 10.9. The van der Waals surface area contributed by atoms with Crippen molar-refractivity contribution in [1.82, 2.24) is 15.0 Å². The van der Waals surface area contributed by atoms with E-state index in [1.807, 2.05) is 42.5 Å². The van der Waals surface area contributed by atoms with E-state index in [9.17, 15) is 0 Å². The largest absolute Gasteiger partial charge is 0.455 e. The van der Waals surface area contributed by atoms with E-state index in [0.717, 1.165) is 49.4 Å². The third kappa shape index (κ3) is 3.88. The zero-order chi connectivity index (χ0) is 28.3. The quantitative estimate of drug-likeness (QED) is 0.206. The van der Waals surface area contributed by atoms with Crippen molar-refractivity contribution in [1.29, 1.82) is 0 Å². The van der Waals surface area contributed by atoms with Gasteiger partial charge in [0, 0.05) is 32.8 Å². The van der Waals surface area contributed by atoms with Crippen LogP contribution in [0, 0.1) is 0 Å². The first kappa shape index (κ1) is 23.8. The van der Waals surface area contributed by atoms with Crippen LogP contribution >= 0.6 is 0 Å². The van der Waals surface area contributed by atoms with E-state index in [0.29, 0.717) is 17.5 Å². The monoisotopic (exact) mass is 549 g/mol. The molecule has 43 heavy (non-hydrogen) atoms. The Balaban J connectivity index is 1.25. The molecular formula is C39H23N3O. The Labute approximate surface area is 246 Å². The number of rotatable bonds is 3. The van der Waals surface area contributed by atoms with E-state index in [2.05, 4.69) is 97.1 Å². The molecule has 0 saturated heterocycles. The molecule has 2 heterocycles. The number of fused-ring (bicyclic) bond motifs is 8. The Kier molecular flexibility index (Phi) is 5.16. The van der Waals surface area contributed by atoms with Gasteiger partial charge in [-0.05, 0) is 51.2 Å². The van der Waals surface area contributed by atoms with E-state index < -0.39 is 0 Å². The zero-order valence-electron chi connectivity index (χ0n) is 23.0. The molecule has 4 heteroatoms. The normalized spacial score (nSPS) is 11.7. The standard InChI is InChI=1S/C39H23N3O/c1-2-10-27(11-3-1)37-40-38(28-17-16-26-15-14-24-8-4-6-12-30(24)34(26)22-28)42-39(41-37)29-19-20-32-33-21-18-25-9-5-7-13-31(25)36(33)43-35(32)23-29/h1-23H. The van der Waals surface area contributed by atoms with Crippen molar-refractivity contribution in [2.45, 2.75) is 0 Å². The number of nitrogens with zero attached hydrogens (tertiary/aromatic N) is 3. The minimum absolute atomic E-state index is 0.606. The fraction of sp³-hybridized carbons (Fsp3) is 0. The molecule has 9 aromatic rings. The fourth-order valence-electron chi connectivity index (χ4n) is 6.13. The molecule has 2 aromatic heterocycles. The average Bonchev–Trinajstić information content (AvgIpc) is 3.47. The van der Waals surface area contributed by atoms with Crippen LogP contribution in [0.15, 0.2) is 144 Å². The van der Waals surface area contributed by atoms with Crippen molar-refractivity contribution in [3.63, 3.8) is 0 Å². The second kappa shape index (κ2) is 9.33. The predicted molar refractivity (Wildman–Crippen MR) is 176 cm³/mol. The summed E-state index contributed by atoms with van der Waals surface area (Å²) in [4.78, 5) is 15.0. The number of hydrogen-bond acceptors (Lipinski definition) is 4. The van der Waals surface area contributed by atoms with Crippen molar-refractivity contribution >= 4 is 54.3 Å². The van der Waals surface area contributed by atoms with Crippen molar-refractivity contribution in [3.05, 3.63) is 140 Å². The third-order valence-corrected chi connectivity index (χ3v) is 8.29. The zero-order valence-corrected chi connectivity index (χ0v) is 23.0. The van der Waals surface area contributed by atoms with Gasteiger partial charge in [-0.3, -0.25) is 0 Å². The van der Waals surface area contributed by atoms with Gasteiger partial charge < -0.3 is 4.42 Å². The van der Waals surface area contributed by atoms with Gasteiger partial charge in [0.25, 0.3) is 0 Å². The van der Waals surface area contributed by atoms with Crippen molar-refractivity contribution in [2.75, 3.05) is 0 Å². The van der Waals surface area contributed by atoms with Crippen LogP contribution < -0.4 is 0 Å². The number of furan rings is 1. The Morgan fingerprint density at radius 1 is 0.349 bits per heavy atom. The maximum atomic E-state index is 6.48. The van der Waals surface area contributed by atoms with Crippen LogP contribution in [0.2, 0.25) is 0 Å². The lowest BCUT2D eigenvalue weighted by Crippen LogP contribution is -2.00. The molecular weight excluding hydrogens is 526 g/mol. The van der Waals surface area contributed by atoms with Crippen molar-refractivity contribution in [2.24, 2.45) is 0 Å². The van der Waals surface area contributed by atoms with Crippen LogP contribution in [0.1, 0.15) is 0 Å². The first-order valence-corrected chi connectivity index (χ1v) is 14.4. The molecule has 200 valence electrons. The van der Waals surface area contributed by atoms with Gasteiger partial charge in [-0.1, -0.05) is 115 Å². The molecule has 0 radical (unpaired) electrons. The van der Waals surface area contributed by atoms with Gasteiger partial charge in [0.2, 0.25) is 0 Å². The lowest BCUT2D eigenvalue weighted by molar-refractivity contribution is 0.673. The third-order valence-electron chi connectivity index (χ3n) is 8.29. The van der Waals surface area contributed by atoms with Crippen LogP contribution in [0.25, 0.3) is 88.4 Å². The molecule has 0 fully saturated rings. The summed E-state index contributed by atoms with van der Waals surface area (Å²) in [6, 6.07) is 48.2. The molecule has 0 atom stereocenters. The molecule has 0 bridgehead atoms. The van der Waals surface area contributed by atoms with Crippen molar-refractivity contribution in [3.8, 4) is 34.2 Å². The summed E-state index contributed by atoms with van der Waals surface area (Å²) in [6.45, 7) is 0. The molecule has 0 unspecified atom stereocenters.